The standard InChI is InChI=1S/C14H17ClN4O5/c1-17-14(23)19-11(20)7-24-12(21)6-10(18-13(16)22)8-2-4-9(15)5-3-8/h2-5,10H,6-7H2,1H3,(H3,16,18,22)(H2,17,19,20,23)/t10-/m0/s1. The average Bonchev–Trinajstić information content (AvgIpc) is 2.52. The van der Waals surface area contributed by atoms with Crippen molar-refractivity contribution in [3.8, 4) is 0 Å². The molecular formula is C14H17ClN4O5. The molecular weight excluding hydrogens is 340 g/mol. The summed E-state index contributed by atoms with van der Waals surface area (Å²) in [6, 6.07) is 4.15. The third-order valence-corrected chi connectivity index (χ3v) is 3.06. The molecule has 0 bridgehead atoms. The van der Waals surface area contributed by atoms with Gasteiger partial charge in [-0.3, -0.25) is 14.9 Å². The number of carbonyl (C=O) groups is 4. The number of urea groups is 2. The molecule has 10 heteroatoms. The number of amides is 5. The van der Waals surface area contributed by atoms with E-state index in [1.165, 1.54) is 7.05 Å². The monoisotopic (exact) mass is 356 g/mol. The molecule has 0 saturated carbocycles. The van der Waals surface area contributed by atoms with Crippen LogP contribution >= 0.6 is 11.6 Å². The molecule has 0 unspecified atom stereocenters. The predicted molar refractivity (Wildman–Crippen MR) is 85.1 cm³/mol. The predicted octanol–water partition coefficient (Wildman–Crippen LogP) is 0.438. The second kappa shape index (κ2) is 9.36. The summed E-state index contributed by atoms with van der Waals surface area (Å²) in [6.45, 7) is -0.629. The van der Waals surface area contributed by atoms with E-state index in [0.717, 1.165) is 0 Å². The summed E-state index contributed by atoms with van der Waals surface area (Å²) in [5, 5.41) is 7.01. The highest BCUT2D eigenvalue weighted by Gasteiger charge is 2.19. The highest BCUT2D eigenvalue weighted by Crippen LogP contribution is 2.19. The van der Waals surface area contributed by atoms with Gasteiger partial charge < -0.3 is 21.1 Å². The first-order valence-electron chi connectivity index (χ1n) is 6.80. The van der Waals surface area contributed by atoms with Gasteiger partial charge in [-0.05, 0) is 17.7 Å². The molecule has 1 rings (SSSR count). The van der Waals surface area contributed by atoms with Crippen molar-refractivity contribution >= 4 is 35.5 Å². The first kappa shape index (κ1) is 19.2. The summed E-state index contributed by atoms with van der Waals surface area (Å²) in [5.41, 5.74) is 5.68. The number of nitrogens with two attached hydrogens (primary N) is 1. The molecule has 1 aromatic rings. The first-order chi connectivity index (χ1) is 11.3. The van der Waals surface area contributed by atoms with Crippen LogP contribution in [0.4, 0.5) is 9.59 Å². The van der Waals surface area contributed by atoms with E-state index in [0.29, 0.717) is 10.6 Å². The Kier molecular flexibility index (Phi) is 7.50. The number of esters is 1. The summed E-state index contributed by atoms with van der Waals surface area (Å²) in [7, 11) is 1.33. The summed E-state index contributed by atoms with van der Waals surface area (Å²) in [4.78, 5) is 45.1. The van der Waals surface area contributed by atoms with E-state index in [4.69, 9.17) is 22.1 Å². The number of imide groups is 1. The molecule has 0 spiro atoms. The van der Waals surface area contributed by atoms with Crippen LogP contribution in [0.2, 0.25) is 5.02 Å². The Labute approximate surface area is 142 Å². The lowest BCUT2D eigenvalue weighted by atomic mass is 10.0. The van der Waals surface area contributed by atoms with Gasteiger partial charge in [-0.2, -0.15) is 0 Å². The number of carbonyl (C=O) groups excluding carboxylic acids is 4. The van der Waals surface area contributed by atoms with E-state index in [1.807, 2.05) is 5.32 Å². The number of halogens is 1. The molecule has 9 nitrogen and oxygen atoms in total. The fourth-order valence-corrected chi connectivity index (χ4v) is 1.84. The van der Waals surface area contributed by atoms with Crippen molar-refractivity contribution in [2.24, 2.45) is 5.73 Å². The van der Waals surface area contributed by atoms with Crippen LogP contribution in [0.1, 0.15) is 18.0 Å². The van der Waals surface area contributed by atoms with Crippen LogP contribution in [0.15, 0.2) is 24.3 Å². The number of rotatable bonds is 6. The van der Waals surface area contributed by atoms with E-state index in [9.17, 15) is 19.2 Å². The molecule has 5 N–H and O–H groups in total. The topological polar surface area (TPSA) is 140 Å². The van der Waals surface area contributed by atoms with Gasteiger partial charge in [0.05, 0.1) is 12.5 Å². The maximum Gasteiger partial charge on any atom is 0.321 e. The molecule has 0 aromatic heterocycles. The SMILES string of the molecule is CNC(=O)NC(=O)COC(=O)C[C@H](NC(N)=O)c1ccc(Cl)cc1. The van der Waals surface area contributed by atoms with E-state index in [2.05, 4.69) is 10.6 Å². The summed E-state index contributed by atoms with van der Waals surface area (Å²) in [5.74, 6) is -1.54. The zero-order valence-corrected chi connectivity index (χ0v) is 13.6. The van der Waals surface area contributed by atoms with Gasteiger partial charge in [-0.25, -0.2) is 9.59 Å². The van der Waals surface area contributed by atoms with Crippen LogP contribution in [-0.4, -0.2) is 37.6 Å². The van der Waals surface area contributed by atoms with Gasteiger partial charge in [0.2, 0.25) is 0 Å². The molecule has 0 heterocycles. The Balaban J connectivity index is 2.61. The van der Waals surface area contributed by atoms with Gasteiger partial charge in [0, 0.05) is 12.1 Å². The van der Waals surface area contributed by atoms with E-state index >= 15 is 0 Å². The van der Waals surface area contributed by atoms with E-state index < -0.39 is 36.6 Å². The molecule has 0 saturated heterocycles. The van der Waals surface area contributed by atoms with Crippen LogP contribution in [0.3, 0.4) is 0 Å². The smallest absolute Gasteiger partial charge is 0.321 e. The summed E-state index contributed by atoms with van der Waals surface area (Å²) < 4.78 is 4.76. The fourth-order valence-electron chi connectivity index (χ4n) is 1.72. The molecule has 0 fully saturated rings. The maximum absolute atomic E-state index is 11.8. The van der Waals surface area contributed by atoms with Crippen molar-refractivity contribution in [1.29, 1.82) is 0 Å². The van der Waals surface area contributed by atoms with Gasteiger partial charge in [-0.15, -0.1) is 0 Å². The number of primary amides is 1. The lowest BCUT2D eigenvalue weighted by Gasteiger charge is -2.17. The zero-order chi connectivity index (χ0) is 18.1. The summed E-state index contributed by atoms with van der Waals surface area (Å²) >= 11 is 5.79. The Hall–Kier alpha value is -2.81. The van der Waals surface area contributed by atoms with E-state index in [-0.39, 0.29) is 6.42 Å². The van der Waals surface area contributed by atoms with Gasteiger partial charge in [0.1, 0.15) is 0 Å². The van der Waals surface area contributed by atoms with Gasteiger partial charge in [0.25, 0.3) is 5.91 Å². The minimum absolute atomic E-state index is 0.252. The third-order valence-electron chi connectivity index (χ3n) is 2.80. The van der Waals surface area contributed by atoms with Crippen molar-refractivity contribution < 1.29 is 23.9 Å². The molecule has 0 aliphatic heterocycles. The number of nitrogens with one attached hydrogen (secondary N) is 3. The largest absolute Gasteiger partial charge is 0.455 e. The van der Waals surface area contributed by atoms with Crippen molar-refractivity contribution in [3.63, 3.8) is 0 Å². The molecule has 5 amide bonds. The Morgan fingerprint density at radius 1 is 1.21 bits per heavy atom. The van der Waals surface area contributed by atoms with Crippen LogP contribution in [0.25, 0.3) is 0 Å². The molecule has 24 heavy (non-hydrogen) atoms. The number of benzene rings is 1. The van der Waals surface area contributed by atoms with Gasteiger partial charge >= 0.3 is 18.0 Å². The normalized spacial score (nSPS) is 11.1. The quantitative estimate of drug-likeness (QED) is 0.547. The van der Waals surface area contributed by atoms with E-state index in [1.54, 1.807) is 24.3 Å². The molecule has 0 aliphatic rings. The minimum atomic E-state index is -0.819. The van der Waals surface area contributed by atoms with Crippen molar-refractivity contribution in [1.82, 2.24) is 16.0 Å². The van der Waals surface area contributed by atoms with Crippen molar-refractivity contribution in [2.75, 3.05) is 13.7 Å². The highest BCUT2D eigenvalue weighted by molar-refractivity contribution is 6.30. The highest BCUT2D eigenvalue weighted by atomic mass is 35.5. The van der Waals surface area contributed by atoms with Gasteiger partial charge in [-0.1, -0.05) is 23.7 Å². The summed E-state index contributed by atoms with van der Waals surface area (Å²) in [6.07, 6.45) is -0.252. The first-order valence-corrected chi connectivity index (χ1v) is 7.18. The van der Waals surface area contributed by atoms with Crippen LogP contribution in [0.5, 0.6) is 0 Å². The fraction of sp³-hybridized carbons (Fsp3) is 0.286. The number of ether oxygens (including phenoxy) is 1. The lowest BCUT2D eigenvalue weighted by Crippen LogP contribution is -2.40. The molecule has 0 radical (unpaired) electrons. The molecule has 1 atom stereocenters. The van der Waals surface area contributed by atoms with Crippen LogP contribution in [0, 0.1) is 0 Å². The second-order valence-electron chi connectivity index (χ2n) is 4.60. The maximum atomic E-state index is 11.8. The van der Waals surface area contributed by atoms with Crippen LogP contribution < -0.4 is 21.7 Å². The third kappa shape index (κ3) is 6.97. The lowest BCUT2D eigenvalue weighted by molar-refractivity contribution is -0.148. The Bertz CT molecular complexity index is 620. The number of hydrogen-bond acceptors (Lipinski definition) is 5. The van der Waals surface area contributed by atoms with Crippen molar-refractivity contribution in [3.05, 3.63) is 34.9 Å². The Morgan fingerprint density at radius 3 is 2.38 bits per heavy atom. The molecule has 130 valence electrons. The second-order valence-corrected chi connectivity index (χ2v) is 5.04. The van der Waals surface area contributed by atoms with Gasteiger partial charge in [0.15, 0.2) is 6.61 Å². The zero-order valence-electron chi connectivity index (χ0n) is 12.8. The Morgan fingerprint density at radius 2 is 1.83 bits per heavy atom. The number of hydrogen-bond donors (Lipinski definition) is 4. The van der Waals surface area contributed by atoms with Crippen LogP contribution in [-0.2, 0) is 14.3 Å². The molecule has 1 aromatic carbocycles. The average molecular weight is 357 g/mol. The van der Waals surface area contributed by atoms with Crippen molar-refractivity contribution in [2.45, 2.75) is 12.5 Å². The minimum Gasteiger partial charge on any atom is -0.455 e. The molecule has 0 aliphatic carbocycles.